The molecule has 6 nitrogen and oxygen atoms in total. The molecule has 0 fully saturated rings. The molecule has 0 atom stereocenters. The maximum atomic E-state index is 13.0. The molecule has 33 heavy (non-hydrogen) atoms. The van der Waals surface area contributed by atoms with Gasteiger partial charge in [-0.3, -0.25) is 9.59 Å². The molecule has 3 N–H and O–H groups in total. The number of aryl methyl sites for hydroxylation is 1. The third kappa shape index (κ3) is 5.10. The molecule has 0 saturated heterocycles. The first-order valence-electron chi connectivity index (χ1n) is 10.1. The number of hydrogen-bond acceptors (Lipinski definition) is 3. The van der Waals surface area contributed by atoms with Crippen LogP contribution in [0.25, 0.3) is 17.0 Å². The SMILES string of the molecule is Cc1cc(Br)cc2c(C=NC(=O)C(=Cc3ccccc3)NC(=O)c3ccccc3)c(O)[nH]c12. The van der Waals surface area contributed by atoms with Gasteiger partial charge in [0.25, 0.3) is 11.8 Å². The van der Waals surface area contributed by atoms with Crippen LogP contribution in [0.3, 0.4) is 0 Å². The van der Waals surface area contributed by atoms with Crippen LogP contribution >= 0.6 is 15.9 Å². The molecule has 0 spiro atoms. The third-order valence-corrected chi connectivity index (χ3v) is 5.48. The van der Waals surface area contributed by atoms with Crippen LogP contribution in [0.1, 0.15) is 27.0 Å². The van der Waals surface area contributed by atoms with Gasteiger partial charge in [0.15, 0.2) is 5.88 Å². The highest BCUT2D eigenvalue weighted by molar-refractivity contribution is 9.10. The van der Waals surface area contributed by atoms with E-state index in [2.05, 4.69) is 31.2 Å². The summed E-state index contributed by atoms with van der Waals surface area (Å²) in [6.07, 6.45) is 2.87. The molecule has 0 unspecified atom stereocenters. The van der Waals surface area contributed by atoms with E-state index in [1.54, 1.807) is 36.4 Å². The van der Waals surface area contributed by atoms with Crippen LogP contribution in [0, 0.1) is 6.92 Å². The van der Waals surface area contributed by atoms with Gasteiger partial charge in [0.05, 0.1) is 11.1 Å². The van der Waals surface area contributed by atoms with Gasteiger partial charge in [-0.1, -0.05) is 64.5 Å². The van der Waals surface area contributed by atoms with Crippen molar-refractivity contribution < 1.29 is 14.7 Å². The maximum absolute atomic E-state index is 13.0. The molecule has 164 valence electrons. The van der Waals surface area contributed by atoms with Gasteiger partial charge in [-0.05, 0) is 48.4 Å². The highest BCUT2D eigenvalue weighted by Crippen LogP contribution is 2.30. The second kappa shape index (κ2) is 9.67. The number of nitrogens with one attached hydrogen (secondary N) is 2. The van der Waals surface area contributed by atoms with Crippen molar-refractivity contribution in [3.8, 4) is 5.88 Å². The molecule has 0 bridgehead atoms. The van der Waals surface area contributed by atoms with Gasteiger partial charge < -0.3 is 15.4 Å². The minimum atomic E-state index is -0.649. The summed E-state index contributed by atoms with van der Waals surface area (Å²) in [6.45, 7) is 1.91. The summed E-state index contributed by atoms with van der Waals surface area (Å²) in [5.41, 5.74) is 3.24. The zero-order valence-electron chi connectivity index (χ0n) is 17.7. The fraction of sp³-hybridized carbons (Fsp3) is 0.0385. The Labute approximate surface area is 198 Å². The lowest BCUT2D eigenvalue weighted by Crippen LogP contribution is -2.26. The van der Waals surface area contributed by atoms with Crippen molar-refractivity contribution in [3.63, 3.8) is 0 Å². The summed E-state index contributed by atoms with van der Waals surface area (Å²) < 4.78 is 0.840. The topological polar surface area (TPSA) is 94.6 Å². The van der Waals surface area contributed by atoms with Crippen LogP contribution in [0.5, 0.6) is 5.88 Å². The molecule has 7 heteroatoms. The summed E-state index contributed by atoms with van der Waals surface area (Å²) in [5, 5.41) is 13.8. The number of carbonyl (C=O) groups excluding carboxylic acids is 2. The number of nitrogens with zero attached hydrogens (tertiary/aromatic N) is 1. The van der Waals surface area contributed by atoms with E-state index >= 15 is 0 Å². The van der Waals surface area contributed by atoms with Crippen molar-refractivity contribution >= 4 is 50.9 Å². The molecule has 4 rings (SSSR count). The number of carbonyl (C=O) groups is 2. The van der Waals surface area contributed by atoms with Crippen molar-refractivity contribution in [2.75, 3.05) is 0 Å². The van der Waals surface area contributed by atoms with Crippen LogP contribution < -0.4 is 5.32 Å². The Morgan fingerprint density at radius 2 is 1.70 bits per heavy atom. The van der Waals surface area contributed by atoms with E-state index in [1.165, 1.54) is 6.21 Å². The minimum Gasteiger partial charge on any atom is -0.494 e. The van der Waals surface area contributed by atoms with E-state index in [4.69, 9.17) is 0 Å². The summed E-state index contributed by atoms with van der Waals surface area (Å²) in [5.74, 6) is -1.16. The van der Waals surface area contributed by atoms with Gasteiger partial charge in [-0.25, -0.2) is 4.99 Å². The summed E-state index contributed by atoms with van der Waals surface area (Å²) in [6, 6.07) is 21.5. The molecule has 3 aromatic carbocycles. The van der Waals surface area contributed by atoms with Crippen LogP contribution in [0.4, 0.5) is 0 Å². The summed E-state index contributed by atoms with van der Waals surface area (Å²) in [7, 11) is 0. The number of aromatic hydroxyl groups is 1. The zero-order chi connectivity index (χ0) is 23.4. The predicted molar refractivity (Wildman–Crippen MR) is 133 cm³/mol. The molecule has 2 amide bonds. The number of aliphatic imine (C=N–C) groups is 1. The monoisotopic (exact) mass is 501 g/mol. The molecule has 0 aliphatic rings. The Morgan fingerprint density at radius 1 is 1.03 bits per heavy atom. The largest absolute Gasteiger partial charge is 0.494 e. The molecule has 0 aliphatic carbocycles. The number of aromatic nitrogens is 1. The second-order valence-electron chi connectivity index (χ2n) is 7.38. The minimum absolute atomic E-state index is 0.0167. The number of benzene rings is 3. The summed E-state index contributed by atoms with van der Waals surface area (Å²) in [4.78, 5) is 32.6. The van der Waals surface area contributed by atoms with Gasteiger partial charge in [0.2, 0.25) is 0 Å². The van der Waals surface area contributed by atoms with Crippen LogP contribution in [0.2, 0.25) is 0 Å². The van der Waals surface area contributed by atoms with Crippen LogP contribution in [-0.4, -0.2) is 28.1 Å². The molecular formula is C26H20BrN3O3. The molecule has 0 aliphatic heterocycles. The molecule has 4 aromatic rings. The number of halogens is 1. The van der Waals surface area contributed by atoms with Gasteiger partial charge in [0.1, 0.15) is 5.70 Å². The Kier molecular flexibility index (Phi) is 6.51. The summed E-state index contributed by atoms with van der Waals surface area (Å²) >= 11 is 3.45. The quantitative estimate of drug-likeness (QED) is 0.253. The van der Waals surface area contributed by atoms with E-state index in [1.807, 2.05) is 49.4 Å². The van der Waals surface area contributed by atoms with E-state index in [0.717, 1.165) is 26.5 Å². The van der Waals surface area contributed by atoms with E-state index in [-0.39, 0.29) is 11.6 Å². The lowest BCUT2D eigenvalue weighted by Gasteiger charge is -2.07. The Bertz CT molecular complexity index is 1390. The van der Waals surface area contributed by atoms with Gasteiger partial charge in [-0.15, -0.1) is 0 Å². The number of H-pyrrole nitrogens is 1. The average molecular weight is 502 g/mol. The van der Waals surface area contributed by atoms with Crippen molar-refractivity contribution in [1.29, 1.82) is 0 Å². The molecular weight excluding hydrogens is 482 g/mol. The first-order chi connectivity index (χ1) is 15.9. The van der Waals surface area contributed by atoms with Crippen molar-refractivity contribution in [2.45, 2.75) is 6.92 Å². The molecule has 0 radical (unpaired) electrons. The van der Waals surface area contributed by atoms with Crippen molar-refractivity contribution in [2.24, 2.45) is 4.99 Å². The predicted octanol–water partition coefficient (Wildman–Crippen LogP) is 5.36. The number of aromatic amines is 1. The molecule has 1 heterocycles. The lowest BCUT2D eigenvalue weighted by atomic mass is 10.1. The van der Waals surface area contributed by atoms with E-state index in [0.29, 0.717) is 11.1 Å². The first-order valence-corrected chi connectivity index (χ1v) is 10.9. The van der Waals surface area contributed by atoms with Gasteiger partial charge in [-0.2, -0.15) is 0 Å². The fourth-order valence-electron chi connectivity index (χ4n) is 3.41. The number of rotatable bonds is 5. The van der Waals surface area contributed by atoms with Crippen LogP contribution in [-0.2, 0) is 4.79 Å². The average Bonchev–Trinajstić information content (AvgIpc) is 3.13. The van der Waals surface area contributed by atoms with Gasteiger partial charge in [0, 0.05) is 21.6 Å². The number of hydrogen-bond donors (Lipinski definition) is 3. The smallest absolute Gasteiger partial charge is 0.293 e. The van der Waals surface area contributed by atoms with E-state index in [9.17, 15) is 14.7 Å². The van der Waals surface area contributed by atoms with Crippen molar-refractivity contribution in [1.82, 2.24) is 10.3 Å². The molecule has 0 saturated carbocycles. The third-order valence-electron chi connectivity index (χ3n) is 5.03. The van der Waals surface area contributed by atoms with E-state index < -0.39 is 11.8 Å². The number of fused-ring (bicyclic) bond motifs is 1. The zero-order valence-corrected chi connectivity index (χ0v) is 19.3. The Hall–Kier alpha value is -3.97. The van der Waals surface area contributed by atoms with Crippen LogP contribution in [0.15, 0.2) is 88.0 Å². The Morgan fingerprint density at radius 3 is 2.39 bits per heavy atom. The highest BCUT2D eigenvalue weighted by atomic mass is 79.9. The standard InChI is InChI=1S/C26H20BrN3O3/c1-16-12-19(27)14-20-21(25(32)30-23(16)20)15-28-26(33)22(13-17-8-4-2-5-9-17)29-24(31)18-10-6-3-7-11-18/h2-15,30,32H,1H3,(H,29,31). The second-order valence-corrected chi connectivity index (χ2v) is 8.30. The normalized spacial score (nSPS) is 11.8. The highest BCUT2D eigenvalue weighted by Gasteiger charge is 2.16. The van der Waals surface area contributed by atoms with Gasteiger partial charge >= 0.3 is 0 Å². The maximum Gasteiger partial charge on any atom is 0.293 e. The fourth-order valence-corrected chi connectivity index (χ4v) is 3.98. The lowest BCUT2D eigenvalue weighted by molar-refractivity contribution is -0.114. The van der Waals surface area contributed by atoms with Crippen molar-refractivity contribution in [3.05, 3.63) is 105 Å². The number of amides is 2. The first kappa shape index (κ1) is 22.2. The molecule has 1 aromatic heterocycles. The Balaban J connectivity index is 1.68.